The van der Waals surface area contributed by atoms with Crippen LogP contribution in [0.3, 0.4) is 0 Å². The predicted octanol–water partition coefficient (Wildman–Crippen LogP) is 0.457. The average Bonchev–Trinajstić information content (AvgIpc) is 2.99. The summed E-state index contributed by atoms with van der Waals surface area (Å²) in [6.07, 6.45) is 0. The summed E-state index contributed by atoms with van der Waals surface area (Å²) in [6.45, 7) is 6.16. The molecule has 23 heavy (non-hydrogen) atoms. The second-order valence-corrected chi connectivity index (χ2v) is 5.72. The Labute approximate surface area is 134 Å². The zero-order valence-corrected chi connectivity index (χ0v) is 13.2. The lowest BCUT2D eigenvalue weighted by atomic mass is 10.2. The van der Waals surface area contributed by atoms with Gasteiger partial charge in [-0.15, -0.1) is 0 Å². The molecule has 2 aromatic rings. The van der Waals surface area contributed by atoms with Crippen LogP contribution in [0.1, 0.15) is 17.4 Å². The number of hydrogen-bond acceptors (Lipinski definition) is 4. The number of hydrogen-bond donors (Lipinski definition) is 2. The summed E-state index contributed by atoms with van der Waals surface area (Å²) in [7, 11) is 0. The van der Waals surface area contributed by atoms with Crippen LogP contribution in [0.2, 0.25) is 0 Å². The molecule has 1 fully saturated rings. The number of nitrogens with zero attached hydrogens (tertiary/aromatic N) is 3. The molecule has 0 bridgehead atoms. The molecule has 2 heterocycles. The first-order chi connectivity index (χ1) is 11.1. The van der Waals surface area contributed by atoms with Gasteiger partial charge < -0.3 is 10.2 Å². The van der Waals surface area contributed by atoms with E-state index in [0.717, 1.165) is 43.6 Å². The summed E-state index contributed by atoms with van der Waals surface area (Å²) in [6, 6.07) is 7.58. The SMILES string of the molecule is CC(=O)N1CCN(CCNC(=O)c2n[nH]c3ccccc23)CC1. The van der Waals surface area contributed by atoms with Gasteiger partial charge in [0.1, 0.15) is 0 Å². The molecule has 1 aliphatic heterocycles. The molecule has 2 amide bonds. The van der Waals surface area contributed by atoms with Crippen LogP contribution < -0.4 is 5.32 Å². The van der Waals surface area contributed by atoms with Crippen molar-refractivity contribution in [1.82, 2.24) is 25.3 Å². The molecule has 1 saturated heterocycles. The van der Waals surface area contributed by atoms with E-state index in [-0.39, 0.29) is 11.8 Å². The number of H-pyrrole nitrogens is 1. The van der Waals surface area contributed by atoms with Gasteiger partial charge in [0.25, 0.3) is 5.91 Å². The van der Waals surface area contributed by atoms with Gasteiger partial charge in [-0.05, 0) is 6.07 Å². The highest BCUT2D eigenvalue weighted by Crippen LogP contribution is 2.14. The first kappa shape index (κ1) is 15.5. The molecule has 3 rings (SSSR count). The third-order valence-electron chi connectivity index (χ3n) is 4.22. The smallest absolute Gasteiger partial charge is 0.272 e. The summed E-state index contributed by atoms with van der Waals surface area (Å²) in [5.41, 5.74) is 1.29. The zero-order valence-electron chi connectivity index (χ0n) is 13.2. The topological polar surface area (TPSA) is 81.3 Å². The Hall–Kier alpha value is -2.41. The van der Waals surface area contributed by atoms with E-state index in [4.69, 9.17) is 0 Å². The van der Waals surface area contributed by atoms with Gasteiger partial charge in [-0.1, -0.05) is 18.2 Å². The van der Waals surface area contributed by atoms with Crippen molar-refractivity contribution in [2.24, 2.45) is 0 Å². The van der Waals surface area contributed by atoms with Gasteiger partial charge in [0, 0.05) is 51.6 Å². The van der Waals surface area contributed by atoms with Crippen molar-refractivity contribution in [3.8, 4) is 0 Å². The molecule has 7 nitrogen and oxygen atoms in total. The lowest BCUT2D eigenvalue weighted by Crippen LogP contribution is -2.49. The second kappa shape index (κ2) is 6.78. The summed E-state index contributed by atoms with van der Waals surface area (Å²) >= 11 is 0. The Kier molecular flexibility index (Phi) is 4.57. The molecule has 0 saturated carbocycles. The van der Waals surface area contributed by atoms with Gasteiger partial charge in [-0.2, -0.15) is 5.10 Å². The first-order valence-electron chi connectivity index (χ1n) is 7.84. The van der Waals surface area contributed by atoms with Gasteiger partial charge in [0.05, 0.1) is 5.52 Å². The van der Waals surface area contributed by atoms with Crippen LogP contribution in [0.25, 0.3) is 10.9 Å². The minimum absolute atomic E-state index is 0.128. The number of benzene rings is 1. The van der Waals surface area contributed by atoms with E-state index in [0.29, 0.717) is 12.2 Å². The van der Waals surface area contributed by atoms with Gasteiger partial charge in [0.15, 0.2) is 5.69 Å². The molecule has 0 radical (unpaired) electrons. The molecule has 0 unspecified atom stereocenters. The Morgan fingerprint density at radius 2 is 1.96 bits per heavy atom. The normalized spacial score (nSPS) is 15.8. The fraction of sp³-hybridized carbons (Fsp3) is 0.438. The second-order valence-electron chi connectivity index (χ2n) is 5.72. The van der Waals surface area contributed by atoms with Crippen LogP contribution in [0.15, 0.2) is 24.3 Å². The number of aromatic amines is 1. The van der Waals surface area contributed by atoms with Crippen LogP contribution in [0.5, 0.6) is 0 Å². The molecule has 1 aromatic carbocycles. The quantitative estimate of drug-likeness (QED) is 0.859. The van der Waals surface area contributed by atoms with Crippen molar-refractivity contribution < 1.29 is 9.59 Å². The van der Waals surface area contributed by atoms with Crippen molar-refractivity contribution in [3.05, 3.63) is 30.0 Å². The monoisotopic (exact) mass is 315 g/mol. The van der Waals surface area contributed by atoms with E-state index in [2.05, 4.69) is 20.4 Å². The third kappa shape index (κ3) is 3.50. The molecule has 0 spiro atoms. The fourth-order valence-corrected chi connectivity index (χ4v) is 2.83. The van der Waals surface area contributed by atoms with E-state index in [1.165, 1.54) is 0 Å². The van der Waals surface area contributed by atoms with Gasteiger partial charge in [-0.25, -0.2) is 0 Å². The standard InChI is InChI=1S/C16H21N5O2/c1-12(22)21-10-8-20(9-11-21)7-6-17-16(23)15-13-4-2-3-5-14(13)18-19-15/h2-5H,6-11H2,1H3,(H,17,23)(H,18,19). The molecule has 2 N–H and O–H groups in total. The number of aromatic nitrogens is 2. The molecule has 1 aliphatic rings. The first-order valence-corrected chi connectivity index (χ1v) is 7.84. The Balaban J connectivity index is 1.48. The van der Waals surface area contributed by atoms with Crippen molar-refractivity contribution in [2.75, 3.05) is 39.3 Å². The Bertz CT molecular complexity index is 703. The molecular weight excluding hydrogens is 294 g/mol. The number of carbonyl (C=O) groups is 2. The van der Waals surface area contributed by atoms with Crippen LogP contribution in [0, 0.1) is 0 Å². The van der Waals surface area contributed by atoms with Crippen LogP contribution in [-0.2, 0) is 4.79 Å². The lowest BCUT2D eigenvalue weighted by molar-refractivity contribution is -0.130. The fourth-order valence-electron chi connectivity index (χ4n) is 2.83. The van der Waals surface area contributed by atoms with Crippen LogP contribution >= 0.6 is 0 Å². The molecular formula is C16H21N5O2. The van der Waals surface area contributed by atoms with Crippen molar-refractivity contribution in [1.29, 1.82) is 0 Å². The number of amides is 2. The summed E-state index contributed by atoms with van der Waals surface area (Å²) < 4.78 is 0. The Morgan fingerprint density at radius 3 is 2.70 bits per heavy atom. The number of fused-ring (bicyclic) bond motifs is 1. The van der Waals surface area contributed by atoms with E-state index in [1.807, 2.05) is 29.2 Å². The molecule has 0 aliphatic carbocycles. The number of nitrogens with one attached hydrogen (secondary N) is 2. The largest absolute Gasteiger partial charge is 0.349 e. The van der Waals surface area contributed by atoms with Crippen molar-refractivity contribution in [2.45, 2.75) is 6.92 Å². The minimum Gasteiger partial charge on any atom is -0.349 e. The maximum absolute atomic E-state index is 12.2. The minimum atomic E-state index is -0.162. The molecule has 1 aromatic heterocycles. The Morgan fingerprint density at radius 1 is 1.22 bits per heavy atom. The maximum atomic E-state index is 12.2. The highest BCUT2D eigenvalue weighted by Gasteiger charge is 2.18. The number of para-hydroxylation sites is 1. The number of rotatable bonds is 4. The lowest BCUT2D eigenvalue weighted by Gasteiger charge is -2.34. The average molecular weight is 315 g/mol. The molecule has 122 valence electrons. The van der Waals surface area contributed by atoms with E-state index >= 15 is 0 Å². The predicted molar refractivity (Wildman–Crippen MR) is 87.1 cm³/mol. The van der Waals surface area contributed by atoms with Crippen molar-refractivity contribution >= 4 is 22.7 Å². The molecule has 7 heteroatoms. The maximum Gasteiger partial charge on any atom is 0.272 e. The highest BCUT2D eigenvalue weighted by molar-refractivity contribution is 6.04. The van der Waals surface area contributed by atoms with Crippen LogP contribution in [0.4, 0.5) is 0 Å². The highest BCUT2D eigenvalue weighted by atomic mass is 16.2. The molecule has 0 atom stereocenters. The van der Waals surface area contributed by atoms with Gasteiger partial charge in [-0.3, -0.25) is 19.6 Å². The zero-order chi connectivity index (χ0) is 16.2. The van der Waals surface area contributed by atoms with Gasteiger partial charge >= 0.3 is 0 Å². The third-order valence-corrected chi connectivity index (χ3v) is 4.22. The summed E-state index contributed by atoms with van der Waals surface area (Å²) in [5, 5.41) is 10.7. The van der Waals surface area contributed by atoms with Gasteiger partial charge in [0.2, 0.25) is 5.91 Å². The van der Waals surface area contributed by atoms with E-state index < -0.39 is 0 Å². The number of piperazine rings is 1. The summed E-state index contributed by atoms with van der Waals surface area (Å²) in [5.74, 6) is -0.0341. The van der Waals surface area contributed by atoms with Crippen LogP contribution in [-0.4, -0.2) is 71.1 Å². The van der Waals surface area contributed by atoms with E-state index in [9.17, 15) is 9.59 Å². The summed E-state index contributed by atoms with van der Waals surface area (Å²) in [4.78, 5) is 27.6. The van der Waals surface area contributed by atoms with Crippen molar-refractivity contribution in [3.63, 3.8) is 0 Å². The van der Waals surface area contributed by atoms with E-state index in [1.54, 1.807) is 6.92 Å². The number of carbonyl (C=O) groups excluding carboxylic acids is 2.